The molecule has 6 nitrogen and oxygen atoms in total. The van der Waals surface area contributed by atoms with Crippen LogP contribution in [0.15, 0.2) is 80.4 Å². The molecule has 2 heterocycles. The minimum absolute atomic E-state index is 0.0863. The minimum atomic E-state index is -0.607. The van der Waals surface area contributed by atoms with Crippen molar-refractivity contribution >= 4 is 32.8 Å². The van der Waals surface area contributed by atoms with Crippen molar-refractivity contribution in [2.75, 3.05) is 13.7 Å². The maximum Gasteiger partial charge on any atom is 0.291 e. The molecule has 1 aliphatic heterocycles. The van der Waals surface area contributed by atoms with Gasteiger partial charge in [0, 0.05) is 11.0 Å². The van der Waals surface area contributed by atoms with E-state index in [2.05, 4.69) is 15.9 Å². The van der Waals surface area contributed by atoms with E-state index in [1.54, 1.807) is 30.2 Å². The third-order valence-corrected chi connectivity index (χ3v) is 6.58. The Hall–Kier alpha value is -3.58. The molecular formula is C28H24BrNO5. The fraction of sp³-hybridized carbons (Fsp3) is 0.214. The van der Waals surface area contributed by atoms with Gasteiger partial charge in [-0.05, 0) is 60.0 Å². The standard InChI is InChI=1S/C28H24BrNO5/c1-3-13-34-21-6-4-5-18(14-21)25-24-26(31)22-15-19(29)9-12-23(22)35-27(24)28(32)30(25)16-17-7-10-20(33-2)11-8-17/h4-12,14-15,25H,3,13,16H2,1-2H3. The number of methoxy groups -OCH3 is 1. The molecule has 0 radical (unpaired) electrons. The minimum Gasteiger partial charge on any atom is -0.497 e. The summed E-state index contributed by atoms with van der Waals surface area (Å²) >= 11 is 3.44. The summed E-state index contributed by atoms with van der Waals surface area (Å²) in [4.78, 5) is 29.1. The van der Waals surface area contributed by atoms with E-state index in [9.17, 15) is 9.59 Å². The predicted molar refractivity (Wildman–Crippen MR) is 137 cm³/mol. The first kappa shape index (κ1) is 23.2. The zero-order valence-corrected chi connectivity index (χ0v) is 21.0. The van der Waals surface area contributed by atoms with Gasteiger partial charge in [0.2, 0.25) is 5.76 Å². The Morgan fingerprint density at radius 2 is 1.80 bits per heavy atom. The van der Waals surface area contributed by atoms with Crippen LogP contribution >= 0.6 is 15.9 Å². The van der Waals surface area contributed by atoms with Crippen molar-refractivity contribution in [3.63, 3.8) is 0 Å². The summed E-state index contributed by atoms with van der Waals surface area (Å²) in [7, 11) is 1.61. The normalized spacial score (nSPS) is 14.9. The molecule has 0 spiro atoms. The lowest BCUT2D eigenvalue weighted by Crippen LogP contribution is -2.29. The predicted octanol–water partition coefficient (Wildman–Crippen LogP) is 6.10. The molecule has 1 unspecified atom stereocenters. The van der Waals surface area contributed by atoms with Crippen LogP contribution in [0.2, 0.25) is 0 Å². The van der Waals surface area contributed by atoms with Gasteiger partial charge in [-0.1, -0.05) is 47.1 Å². The van der Waals surface area contributed by atoms with Crippen LogP contribution in [0.4, 0.5) is 0 Å². The zero-order chi connectivity index (χ0) is 24.5. The number of nitrogens with zero attached hydrogens (tertiary/aromatic N) is 1. The second-order valence-electron chi connectivity index (χ2n) is 8.42. The van der Waals surface area contributed by atoms with E-state index < -0.39 is 6.04 Å². The van der Waals surface area contributed by atoms with Gasteiger partial charge >= 0.3 is 0 Å². The van der Waals surface area contributed by atoms with Crippen molar-refractivity contribution in [2.24, 2.45) is 0 Å². The van der Waals surface area contributed by atoms with Crippen LogP contribution in [-0.4, -0.2) is 24.5 Å². The molecule has 1 amide bonds. The number of rotatable bonds is 7. The van der Waals surface area contributed by atoms with Crippen molar-refractivity contribution in [3.05, 3.63) is 104 Å². The smallest absolute Gasteiger partial charge is 0.291 e. The van der Waals surface area contributed by atoms with Crippen LogP contribution in [0.3, 0.4) is 0 Å². The number of halogens is 1. The Bertz CT molecular complexity index is 1460. The van der Waals surface area contributed by atoms with Crippen molar-refractivity contribution in [3.8, 4) is 11.5 Å². The first-order valence-corrected chi connectivity index (χ1v) is 12.2. The number of hydrogen-bond donors (Lipinski definition) is 0. The Balaban J connectivity index is 1.66. The van der Waals surface area contributed by atoms with Crippen LogP contribution in [0.1, 0.15) is 46.6 Å². The quantitative estimate of drug-likeness (QED) is 0.287. The van der Waals surface area contributed by atoms with Gasteiger partial charge in [0.1, 0.15) is 17.1 Å². The summed E-state index contributed by atoms with van der Waals surface area (Å²) in [5, 5.41) is 0.431. The molecule has 0 saturated heterocycles. The maximum absolute atomic E-state index is 13.7. The lowest BCUT2D eigenvalue weighted by molar-refractivity contribution is 0.0714. The van der Waals surface area contributed by atoms with Crippen molar-refractivity contribution < 1.29 is 18.7 Å². The third-order valence-electron chi connectivity index (χ3n) is 6.09. The molecule has 0 aliphatic carbocycles. The summed E-state index contributed by atoms with van der Waals surface area (Å²) < 4.78 is 17.9. The lowest BCUT2D eigenvalue weighted by atomic mass is 9.98. The molecule has 178 valence electrons. The summed E-state index contributed by atoms with van der Waals surface area (Å²) in [5.41, 5.74) is 2.23. The fourth-order valence-electron chi connectivity index (χ4n) is 4.42. The number of hydrogen-bond acceptors (Lipinski definition) is 5. The Kier molecular flexibility index (Phi) is 6.34. The summed E-state index contributed by atoms with van der Waals surface area (Å²) in [6.07, 6.45) is 0.878. The van der Waals surface area contributed by atoms with Gasteiger partial charge in [-0.3, -0.25) is 9.59 Å². The van der Waals surface area contributed by atoms with Crippen LogP contribution in [0.25, 0.3) is 11.0 Å². The zero-order valence-electron chi connectivity index (χ0n) is 19.4. The van der Waals surface area contributed by atoms with Crippen molar-refractivity contribution in [1.82, 2.24) is 4.90 Å². The molecule has 35 heavy (non-hydrogen) atoms. The van der Waals surface area contributed by atoms with Gasteiger partial charge < -0.3 is 18.8 Å². The molecule has 1 atom stereocenters. The Labute approximate surface area is 211 Å². The maximum atomic E-state index is 13.7. The molecule has 4 aromatic rings. The first-order valence-electron chi connectivity index (χ1n) is 11.4. The molecule has 1 aliphatic rings. The van der Waals surface area contributed by atoms with Gasteiger partial charge in [-0.15, -0.1) is 0 Å². The first-order chi connectivity index (χ1) is 17.0. The van der Waals surface area contributed by atoms with Gasteiger partial charge in [0.25, 0.3) is 5.91 Å². The largest absolute Gasteiger partial charge is 0.497 e. The number of carbonyl (C=O) groups excluding carboxylic acids is 1. The van der Waals surface area contributed by atoms with Gasteiger partial charge in [-0.2, -0.15) is 0 Å². The number of ether oxygens (including phenoxy) is 2. The highest BCUT2D eigenvalue weighted by atomic mass is 79.9. The molecule has 0 N–H and O–H groups in total. The monoisotopic (exact) mass is 533 g/mol. The fourth-order valence-corrected chi connectivity index (χ4v) is 4.79. The van der Waals surface area contributed by atoms with Gasteiger partial charge in [0.05, 0.1) is 30.7 Å². The van der Waals surface area contributed by atoms with E-state index in [1.807, 2.05) is 55.5 Å². The molecule has 3 aromatic carbocycles. The van der Waals surface area contributed by atoms with E-state index in [4.69, 9.17) is 13.9 Å². The summed E-state index contributed by atoms with van der Waals surface area (Å²) in [6, 6.07) is 19.7. The van der Waals surface area contributed by atoms with Crippen molar-refractivity contribution in [2.45, 2.75) is 25.9 Å². The van der Waals surface area contributed by atoms with Gasteiger partial charge in [0.15, 0.2) is 5.43 Å². The van der Waals surface area contributed by atoms with Crippen LogP contribution in [-0.2, 0) is 6.54 Å². The summed E-state index contributed by atoms with van der Waals surface area (Å²) in [5.74, 6) is 1.20. The van der Waals surface area contributed by atoms with Crippen LogP contribution in [0.5, 0.6) is 11.5 Å². The highest BCUT2D eigenvalue weighted by Gasteiger charge is 2.42. The highest BCUT2D eigenvalue weighted by molar-refractivity contribution is 9.10. The second kappa shape index (κ2) is 9.58. The van der Waals surface area contributed by atoms with E-state index in [1.165, 1.54) is 0 Å². The topological polar surface area (TPSA) is 69.0 Å². The SMILES string of the molecule is CCCOc1cccc(C2c3c(oc4ccc(Br)cc4c3=O)C(=O)N2Cc2ccc(OC)cc2)c1. The van der Waals surface area contributed by atoms with Crippen molar-refractivity contribution in [1.29, 1.82) is 0 Å². The Morgan fingerprint density at radius 1 is 1.00 bits per heavy atom. The molecular weight excluding hydrogens is 510 g/mol. The number of amides is 1. The van der Waals surface area contributed by atoms with E-state index in [0.29, 0.717) is 35.4 Å². The van der Waals surface area contributed by atoms with E-state index >= 15 is 0 Å². The molecule has 1 aromatic heterocycles. The van der Waals surface area contributed by atoms with E-state index in [0.717, 1.165) is 27.8 Å². The molecule has 0 bridgehead atoms. The Morgan fingerprint density at radius 3 is 2.54 bits per heavy atom. The number of carbonyl (C=O) groups is 1. The van der Waals surface area contributed by atoms with Crippen LogP contribution < -0.4 is 14.9 Å². The highest BCUT2D eigenvalue weighted by Crippen LogP contribution is 2.40. The number of benzene rings is 3. The average Bonchev–Trinajstić information content (AvgIpc) is 3.15. The van der Waals surface area contributed by atoms with Crippen LogP contribution in [0, 0.1) is 0 Å². The molecule has 7 heteroatoms. The molecule has 0 saturated carbocycles. The lowest BCUT2D eigenvalue weighted by Gasteiger charge is -2.25. The number of fused-ring (bicyclic) bond motifs is 2. The average molecular weight is 534 g/mol. The second-order valence-corrected chi connectivity index (χ2v) is 9.33. The third kappa shape index (κ3) is 4.32. The van der Waals surface area contributed by atoms with E-state index in [-0.39, 0.29) is 17.1 Å². The molecule has 0 fully saturated rings. The van der Waals surface area contributed by atoms with Gasteiger partial charge in [-0.25, -0.2) is 0 Å². The molecule has 5 rings (SSSR count). The summed E-state index contributed by atoms with van der Waals surface area (Å²) in [6.45, 7) is 2.93.